The topological polar surface area (TPSA) is 136 Å². The Kier molecular flexibility index (Phi) is 13.6. The van der Waals surface area contributed by atoms with E-state index in [1.165, 1.54) is 10.9 Å². The van der Waals surface area contributed by atoms with Gasteiger partial charge >= 0.3 is 0 Å². The second-order valence-corrected chi connectivity index (χ2v) is 17.0. The van der Waals surface area contributed by atoms with Gasteiger partial charge in [-0.25, -0.2) is 19.7 Å². The normalized spacial score (nSPS) is 13.4. The third-order valence-corrected chi connectivity index (χ3v) is 9.18. The van der Waals surface area contributed by atoms with E-state index in [4.69, 9.17) is 4.74 Å². The number of amides is 2. The van der Waals surface area contributed by atoms with Gasteiger partial charge in [0.05, 0.1) is 12.3 Å². The van der Waals surface area contributed by atoms with E-state index >= 15 is 4.39 Å². The van der Waals surface area contributed by atoms with Gasteiger partial charge in [-0.3, -0.25) is 14.3 Å². The van der Waals surface area contributed by atoms with E-state index in [0.29, 0.717) is 48.9 Å². The van der Waals surface area contributed by atoms with Crippen molar-refractivity contribution in [3.8, 4) is 11.1 Å². The van der Waals surface area contributed by atoms with Crippen molar-refractivity contribution in [3.63, 3.8) is 0 Å². The SMILES string of the molecule is CC[C@@H](C)CCC[C@H](NC(=O)c1ccnn1CCCO)C(=O)Nc1ccc(-c2c(C)nn(COCCS(C)(C)C)c2C)c(F)n1. The second kappa shape index (κ2) is 16.9. The molecule has 2 amide bonds. The van der Waals surface area contributed by atoms with Crippen LogP contribution in [-0.2, 0) is 22.8 Å². The molecule has 0 saturated heterocycles. The zero-order valence-electron chi connectivity index (χ0n) is 27.7. The van der Waals surface area contributed by atoms with Crippen molar-refractivity contribution in [1.82, 2.24) is 29.9 Å². The Morgan fingerprint density at radius 3 is 2.53 bits per heavy atom. The molecule has 0 aliphatic rings. The molecule has 11 nitrogen and oxygen atoms in total. The van der Waals surface area contributed by atoms with Crippen molar-refractivity contribution in [2.24, 2.45) is 5.92 Å². The molecule has 0 aromatic carbocycles. The number of ether oxygens (including phenoxy) is 1. The van der Waals surface area contributed by atoms with E-state index < -0.39 is 33.8 Å². The number of pyridine rings is 1. The molecule has 3 rings (SSSR count). The first-order chi connectivity index (χ1) is 21.3. The predicted octanol–water partition coefficient (Wildman–Crippen LogP) is 4.90. The molecule has 3 heterocycles. The second-order valence-electron chi connectivity index (χ2n) is 12.4. The van der Waals surface area contributed by atoms with E-state index in [-0.39, 0.29) is 24.7 Å². The van der Waals surface area contributed by atoms with Gasteiger partial charge in [0.15, 0.2) is 0 Å². The summed E-state index contributed by atoms with van der Waals surface area (Å²) in [6.45, 7) is 9.19. The maximum atomic E-state index is 15.4. The molecule has 3 aromatic heterocycles. The van der Waals surface area contributed by atoms with Gasteiger partial charge in [-0.1, -0.05) is 33.1 Å². The summed E-state index contributed by atoms with van der Waals surface area (Å²) >= 11 is 0. The van der Waals surface area contributed by atoms with E-state index in [1.54, 1.807) is 22.9 Å². The fraction of sp³-hybridized carbons (Fsp3) is 0.594. The number of aliphatic hydroxyl groups is 1. The van der Waals surface area contributed by atoms with Gasteiger partial charge in [-0.2, -0.15) is 14.6 Å². The zero-order valence-corrected chi connectivity index (χ0v) is 28.5. The van der Waals surface area contributed by atoms with Crippen LogP contribution in [0, 0.1) is 25.7 Å². The Morgan fingerprint density at radius 2 is 1.87 bits per heavy atom. The fourth-order valence-electron chi connectivity index (χ4n) is 4.88. The molecule has 45 heavy (non-hydrogen) atoms. The number of carbonyl (C=O) groups excluding carboxylic acids is 2. The average Bonchev–Trinajstić information content (AvgIpc) is 3.56. The first-order valence-corrected chi connectivity index (χ1v) is 18.6. The Labute approximate surface area is 267 Å². The highest BCUT2D eigenvalue weighted by atomic mass is 32.3. The van der Waals surface area contributed by atoms with Gasteiger partial charge in [-0.05, 0) is 69.6 Å². The number of halogens is 1. The minimum absolute atomic E-state index is 0.0296. The number of nitrogens with zero attached hydrogens (tertiary/aromatic N) is 5. The smallest absolute Gasteiger partial charge is 0.270 e. The van der Waals surface area contributed by atoms with Crippen LogP contribution in [0.5, 0.6) is 0 Å². The minimum atomic E-state index is -0.866. The van der Waals surface area contributed by atoms with E-state index in [0.717, 1.165) is 30.7 Å². The van der Waals surface area contributed by atoms with Crippen LogP contribution in [0.25, 0.3) is 11.1 Å². The van der Waals surface area contributed by atoms with Crippen LogP contribution < -0.4 is 10.6 Å². The first kappa shape index (κ1) is 36.2. The summed E-state index contributed by atoms with van der Waals surface area (Å²) in [5.74, 6) is -0.145. The quantitative estimate of drug-likeness (QED) is 0.132. The van der Waals surface area contributed by atoms with Crippen molar-refractivity contribution < 1.29 is 23.8 Å². The largest absolute Gasteiger partial charge is 0.396 e. The van der Waals surface area contributed by atoms with Gasteiger partial charge in [0.1, 0.15) is 24.3 Å². The summed E-state index contributed by atoms with van der Waals surface area (Å²) in [6, 6.07) is 3.84. The number of anilines is 1. The lowest BCUT2D eigenvalue weighted by molar-refractivity contribution is -0.118. The third-order valence-electron chi connectivity index (χ3n) is 7.79. The molecule has 3 aromatic rings. The van der Waals surface area contributed by atoms with Crippen molar-refractivity contribution in [3.05, 3.63) is 47.4 Å². The minimum Gasteiger partial charge on any atom is -0.396 e. The summed E-state index contributed by atoms with van der Waals surface area (Å²) < 4.78 is 24.5. The molecule has 250 valence electrons. The molecule has 2 atom stereocenters. The van der Waals surface area contributed by atoms with E-state index in [1.807, 2.05) is 13.8 Å². The molecule has 0 bridgehead atoms. The van der Waals surface area contributed by atoms with Gasteiger partial charge in [0.25, 0.3) is 5.91 Å². The molecule has 0 saturated carbocycles. The molecule has 0 aliphatic heterocycles. The lowest BCUT2D eigenvalue weighted by Crippen LogP contribution is -2.44. The molecule has 0 spiro atoms. The summed E-state index contributed by atoms with van der Waals surface area (Å²) in [5, 5.41) is 23.4. The first-order valence-electron chi connectivity index (χ1n) is 15.5. The summed E-state index contributed by atoms with van der Waals surface area (Å²) in [6.07, 6.45) is 11.7. The number of aliphatic hydroxyl groups excluding tert-OH is 1. The Hall–Kier alpha value is -3.29. The zero-order chi connectivity index (χ0) is 33.1. The maximum absolute atomic E-state index is 15.4. The number of hydrogen-bond acceptors (Lipinski definition) is 7. The summed E-state index contributed by atoms with van der Waals surface area (Å²) in [7, 11) is -0.664. The van der Waals surface area contributed by atoms with Crippen molar-refractivity contribution in [1.29, 1.82) is 0 Å². The van der Waals surface area contributed by atoms with Crippen LogP contribution in [0.2, 0.25) is 0 Å². The molecular formula is C32H50FN7O4S. The Balaban J connectivity index is 1.74. The average molecular weight is 648 g/mol. The molecule has 3 N–H and O–H groups in total. The Bertz CT molecular complexity index is 1420. The standard InChI is InChI=1S/C32H50FN7O4S/c1-8-22(2)11-9-12-26(35-32(43)27-15-16-34-39(27)17-10-18-41)31(42)37-28-14-13-25(30(33)36-28)29-23(3)38-40(24(29)4)21-44-19-20-45(5,6)7/h13-16,22,26,41H,8-12,17-21H2,1-7H3,(H,35,43)(H,36,37,42)/t22-,26+/m1/s1. The predicted molar refractivity (Wildman–Crippen MR) is 178 cm³/mol. The number of nitrogens with one attached hydrogen (secondary N) is 2. The molecule has 13 heteroatoms. The van der Waals surface area contributed by atoms with Gasteiger partial charge in [0.2, 0.25) is 11.9 Å². The highest BCUT2D eigenvalue weighted by molar-refractivity contribution is 8.32. The number of hydrogen-bond donors (Lipinski definition) is 3. The summed E-state index contributed by atoms with van der Waals surface area (Å²) in [4.78, 5) is 30.6. The van der Waals surface area contributed by atoms with E-state index in [2.05, 4.69) is 58.4 Å². The molecule has 0 radical (unpaired) electrons. The van der Waals surface area contributed by atoms with Crippen LogP contribution >= 0.6 is 10.0 Å². The molecular weight excluding hydrogens is 597 g/mol. The van der Waals surface area contributed by atoms with Gasteiger partial charge in [-0.15, -0.1) is 0 Å². The van der Waals surface area contributed by atoms with Crippen molar-refractivity contribution in [2.45, 2.75) is 79.1 Å². The highest BCUT2D eigenvalue weighted by Gasteiger charge is 2.25. The molecule has 0 aliphatic carbocycles. The van der Waals surface area contributed by atoms with Gasteiger partial charge < -0.3 is 20.5 Å². The summed E-state index contributed by atoms with van der Waals surface area (Å²) in [5.41, 5.74) is 2.62. The van der Waals surface area contributed by atoms with Crippen LogP contribution in [-0.4, -0.2) is 85.2 Å². The number of aromatic nitrogens is 5. The van der Waals surface area contributed by atoms with Crippen LogP contribution in [0.4, 0.5) is 10.2 Å². The number of carbonyl (C=O) groups is 2. The van der Waals surface area contributed by atoms with Crippen LogP contribution in [0.15, 0.2) is 24.4 Å². The van der Waals surface area contributed by atoms with Crippen molar-refractivity contribution in [2.75, 3.05) is 43.1 Å². The molecule has 0 unspecified atom stereocenters. The lowest BCUT2D eigenvalue weighted by Gasteiger charge is -2.24. The van der Waals surface area contributed by atoms with Crippen LogP contribution in [0.3, 0.4) is 0 Å². The van der Waals surface area contributed by atoms with Crippen molar-refractivity contribution >= 4 is 27.7 Å². The molecule has 0 fully saturated rings. The Morgan fingerprint density at radius 1 is 1.11 bits per heavy atom. The van der Waals surface area contributed by atoms with Crippen LogP contribution in [0.1, 0.15) is 67.8 Å². The third kappa shape index (κ3) is 10.6. The van der Waals surface area contributed by atoms with E-state index in [9.17, 15) is 14.7 Å². The monoisotopic (exact) mass is 647 g/mol. The maximum Gasteiger partial charge on any atom is 0.270 e. The fourth-order valence-corrected chi connectivity index (χ4v) is 5.49. The van der Waals surface area contributed by atoms with Gasteiger partial charge in [0, 0.05) is 41.9 Å². The number of aryl methyl sites for hydroxylation is 2. The number of rotatable bonds is 18. The highest BCUT2D eigenvalue weighted by Crippen LogP contribution is 2.34. The lowest BCUT2D eigenvalue weighted by atomic mass is 9.99.